The smallest absolute Gasteiger partial charge is 0.139 e. The SMILES string of the molecule is Nc1ccc(-c2nccn2CCn2cccn2)cc1. The summed E-state index contributed by atoms with van der Waals surface area (Å²) in [5.74, 6) is 0.951. The van der Waals surface area contributed by atoms with E-state index >= 15 is 0 Å². The number of benzene rings is 1. The molecule has 0 fully saturated rings. The number of aryl methyl sites for hydroxylation is 2. The molecular formula is C14H15N5. The lowest BCUT2D eigenvalue weighted by Crippen LogP contribution is -2.08. The van der Waals surface area contributed by atoms with Gasteiger partial charge in [-0.05, 0) is 30.3 Å². The first-order valence-corrected chi connectivity index (χ1v) is 6.17. The van der Waals surface area contributed by atoms with Crippen LogP contribution in [0.3, 0.4) is 0 Å². The van der Waals surface area contributed by atoms with Gasteiger partial charge in [0, 0.05) is 42.6 Å². The summed E-state index contributed by atoms with van der Waals surface area (Å²) in [4.78, 5) is 4.41. The number of nitrogen functional groups attached to an aromatic ring is 1. The van der Waals surface area contributed by atoms with Crippen molar-refractivity contribution < 1.29 is 0 Å². The molecule has 0 amide bonds. The van der Waals surface area contributed by atoms with Crippen molar-refractivity contribution in [1.82, 2.24) is 19.3 Å². The van der Waals surface area contributed by atoms with Crippen molar-refractivity contribution in [2.24, 2.45) is 0 Å². The predicted octanol–water partition coefficient (Wildman–Crippen LogP) is 2.03. The van der Waals surface area contributed by atoms with Crippen LogP contribution in [0.15, 0.2) is 55.1 Å². The number of nitrogens with two attached hydrogens (primary N) is 1. The van der Waals surface area contributed by atoms with Crippen LogP contribution in [0.5, 0.6) is 0 Å². The summed E-state index contributed by atoms with van der Waals surface area (Å²) in [6, 6.07) is 9.68. The Bertz CT molecular complexity index is 637. The van der Waals surface area contributed by atoms with Crippen LogP contribution in [-0.2, 0) is 13.1 Å². The number of anilines is 1. The Kier molecular flexibility index (Phi) is 3.02. The van der Waals surface area contributed by atoms with Gasteiger partial charge in [0.15, 0.2) is 0 Å². The van der Waals surface area contributed by atoms with Crippen molar-refractivity contribution >= 4 is 5.69 Å². The van der Waals surface area contributed by atoms with E-state index in [1.807, 2.05) is 53.6 Å². The molecule has 0 unspecified atom stereocenters. The molecule has 5 heteroatoms. The predicted molar refractivity (Wildman–Crippen MR) is 74.3 cm³/mol. The van der Waals surface area contributed by atoms with E-state index in [2.05, 4.69) is 14.6 Å². The highest BCUT2D eigenvalue weighted by Crippen LogP contribution is 2.18. The summed E-state index contributed by atoms with van der Waals surface area (Å²) in [6.45, 7) is 1.66. The number of hydrogen-bond acceptors (Lipinski definition) is 3. The van der Waals surface area contributed by atoms with Gasteiger partial charge in [0.25, 0.3) is 0 Å². The first kappa shape index (κ1) is 11.5. The fourth-order valence-electron chi connectivity index (χ4n) is 2.03. The molecule has 0 saturated carbocycles. The minimum absolute atomic E-state index is 0.762. The van der Waals surface area contributed by atoms with E-state index in [0.29, 0.717) is 0 Å². The number of hydrogen-bond donors (Lipinski definition) is 1. The molecule has 2 N–H and O–H groups in total. The van der Waals surface area contributed by atoms with Gasteiger partial charge in [0.1, 0.15) is 5.82 Å². The lowest BCUT2D eigenvalue weighted by Gasteiger charge is -2.08. The van der Waals surface area contributed by atoms with Crippen LogP contribution < -0.4 is 5.73 Å². The minimum atomic E-state index is 0.762. The molecule has 3 aromatic rings. The van der Waals surface area contributed by atoms with Crippen LogP contribution in [0, 0.1) is 0 Å². The van der Waals surface area contributed by atoms with Crippen molar-refractivity contribution in [1.29, 1.82) is 0 Å². The van der Waals surface area contributed by atoms with Gasteiger partial charge in [-0.15, -0.1) is 0 Å². The Balaban J connectivity index is 1.80. The summed E-state index contributed by atoms with van der Waals surface area (Å²) in [6.07, 6.45) is 7.54. The highest BCUT2D eigenvalue weighted by Gasteiger charge is 2.05. The molecule has 0 aliphatic rings. The average Bonchev–Trinajstić information content (AvgIpc) is 3.08. The van der Waals surface area contributed by atoms with Gasteiger partial charge >= 0.3 is 0 Å². The number of nitrogens with zero attached hydrogens (tertiary/aromatic N) is 4. The van der Waals surface area contributed by atoms with Gasteiger partial charge in [-0.1, -0.05) is 0 Å². The van der Waals surface area contributed by atoms with Gasteiger partial charge in [0.2, 0.25) is 0 Å². The molecule has 0 spiro atoms. The number of rotatable bonds is 4. The van der Waals surface area contributed by atoms with Crippen LogP contribution in [0.1, 0.15) is 0 Å². The second kappa shape index (κ2) is 4.97. The Morgan fingerprint density at radius 1 is 1.00 bits per heavy atom. The summed E-state index contributed by atoms with van der Waals surface area (Å²) >= 11 is 0. The van der Waals surface area contributed by atoms with Crippen molar-refractivity contribution in [3.05, 3.63) is 55.1 Å². The average molecular weight is 253 g/mol. The molecule has 3 rings (SSSR count). The molecule has 19 heavy (non-hydrogen) atoms. The normalized spacial score (nSPS) is 10.7. The fourth-order valence-corrected chi connectivity index (χ4v) is 2.03. The Labute approximate surface area is 111 Å². The second-order valence-corrected chi connectivity index (χ2v) is 4.34. The molecule has 0 aliphatic carbocycles. The maximum Gasteiger partial charge on any atom is 0.139 e. The molecule has 0 bridgehead atoms. The summed E-state index contributed by atoms with van der Waals surface area (Å²) in [5, 5.41) is 4.20. The zero-order valence-electron chi connectivity index (χ0n) is 10.5. The van der Waals surface area contributed by atoms with E-state index in [4.69, 9.17) is 5.73 Å². The quantitative estimate of drug-likeness (QED) is 0.724. The molecular weight excluding hydrogens is 238 g/mol. The van der Waals surface area contributed by atoms with Gasteiger partial charge in [0.05, 0.1) is 6.54 Å². The number of imidazole rings is 1. The van der Waals surface area contributed by atoms with Gasteiger partial charge < -0.3 is 10.3 Å². The zero-order valence-corrected chi connectivity index (χ0v) is 10.5. The molecule has 0 aliphatic heterocycles. The topological polar surface area (TPSA) is 61.7 Å². The van der Waals surface area contributed by atoms with Crippen LogP contribution in [0.2, 0.25) is 0 Å². The largest absolute Gasteiger partial charge is 0.399 e. The molecule has 0 saturated heterocycles. The van der Waals surface area contributed by atoms with Gasteiger partial charge in [-0.25, -0.2) is 4.98 Å². The maximum absolute atomic E-state index is 5.70. The van der Waals surface area contributed by atoms with Gasteiger partial charge in [-0.2, -0.15) is 5.10 Å². The standard InChI is InChI=1S/C14H15N5/c15-13-4-2-12(3-5-13)14-16-7-9-18(14)10-11-19-8-1-6-17-19/h1-9H,10-11,15H2. The summed E-state index contributed by atoms with van der Waals surface area (Å²) in [5.41, 5.74) is 7.53. The van der Waals surface area contributed by atoms with E-state index in [9.17, 15) is 0 Å². The first-order chi connectivity index (χ1) is 9.33. The Morgan fingerprint density at radius 2 is 1.84 bits per heavy atom. The van der Waals surface area contributed by atoms with Crippen molar-refractivity contribution in [3.63, 3.8) is 0 Å². The van der Waals surface area contributed by atoms with Gasteiger partial charge in [-0.3, -0.25) is 4.68 Å². The fraction of sp³-hybridized carbons (Fsp3) is 0.143. The Morgan fingerprint density at radius 3 is 2.58 bits per heavy atom. The van der Waals surface area contributed by atoms with E-state index in [-0.39, 0.29) is 0 Å². The minimum Gasteiger partial charge on any atom is -0.399 e. The summed E-state index contributed by atoms with van der Waals surface area (Å²) < 4.78 is 4.03. The van der Waals surface area contributed by atoms with E-state index in [1.54, 1.807) is 6.20 Å². The number of aromatic nitrogens is 4. The van der Waals surface area contributed by atoms with Crippen LogP contribution in [-0.4, -0.2) is 19.3 Å². The molecule has 0 radical (unpaired) electrons. The van der Waals surface area contributed by atoms with E-state index in [1.165, 1.54) is 0 Å². The summed E-state index contributed by atoms with van der Waals surface area (Å²) in [7, 11) is 0. The Hall–Kier alpha value is -2.56. The lowest BCUT2D eigenvalue weighted by molar-refractivity contribution is 0.536. The third-order valence-corrected chi connectivity index (χ3v) is 3.01. The van der Waals surface area contributed by atoms with Crippen LogP contribution >= 0.6 is 0 Å². The zero-order chi connectivity index (χ0) is 13.1. The van der Waals surface area contributed by atoms with Crippen LogP contribution in [0.25, 0.3) is 11.4 Å². The van der Waals surface area contributed by atoms with Crippen molar-refractivity contribution in [3.8, 4) is 11.4 Å². The third kappa shape index (κ3) is 2.49. The molecule has 0 atom stereocenters. The van der Waals surface area contributed by atoms with E-state index in [0.717, 1.165) is 30.2 Å². The molecule has 1 aromatic carbocycles. The van der Waals surface area contributed by atoms with Crippen molar-refractivity contribution in [2.45, 2.75) is 13.1 Å². The van der Waals surface area contributed by atoms with Crippen molar-refractivity contribution in [2.75, 3.05) is 5.73 Å². The van der Waals surface area contributed by atoms with Crippen LogP contribution in [0.4, 0.5) is 5.69 Å². The second-order valence-electron chi connectivity index (χ2n) is 4.34. The molecule has 96 valence electrons. The first-order valence-electron chi connectivity index (χ1n) is 6.17. The third-order valence-electron chi connectivity index (χ3n) is 3.01. The lowest BCUT2D eigenvalue weighted by atomic mass is 10.2. The molecule has 5 nitrogen and oxygen atoms in total. The monoisotopic (exact) mass is 253 g/mol. The highest BCUT2D eigenvalue weighted by molar-refractivity contribution is 5.59. The molecule has 2 aromatic heterocycles. The highest BCUT2D eigenvalue weighted by atomic mass is 15.3. The van der Waals surface area contributed by atoms with E-state index < -0.39 is 0 Å². The molecule has 2 heterocycles. The maximum atomic E-state index is 5.70.